The molecule has 1 heterocycles. The van der Waals surface area contributed by atoms with E-state index < -0.39 is 0 Å². The number of anilines is 1. The molecule has 0 spiro atoms. The van der Waals surface area contributed by atoms with Crippen molar-refractivity contribution in [3.63, 3.8) is 0 Å². The molecule has 0 bridgehead atoms. The molecule has 0 fully saturated rings. The average molecular weight is 247 g/mol. The van der Waals surface area contributed by atoms with Crippen LogP contribution in [0.5, 0.6) is 5.75 Å². The zero-order valence-corrected chi connectivity index (χ0v) is 10.8. The summed E-state index contributed by atoms with van der Waals surface area (Å²) in [5.41, 5.74) is 8.85. The number of aromatic nitrogens is 2. The van der Waals surface area contributed by atoms with Crippen molar-refractivity contribution < 1.29 is 9.47 Å². The molecule has 0 saturated carbocycles. The summed E-state index contributed by atoms with van der Waals surface area (Å²) in [4.78, 5) is 0. The number of benzene rings is 1. The summed E-state index contributed by atoms with van der Waals surface area (Å²) in [6, 6.07) is 5.91. The molecule has 0 aliphatic heterocycles. The number of rotatable bonds is 4. The van der Waals surface area contributed by atoms with Gasteiger partial charge in [-0.2, -0.15) is 5.10 Å². The van der Waals surface area contributed by atoms with Gasteiger partial charge in [-0.1, -0.05) is 12.1 Å². The molecular weight excluding hydrogens is 230 g/mol. The van der Waals surface area contributed by atoms with Crippen LogP contribution in [-0.2, 0) is 18.4 Å². The van der Waals surface area contributed by atoms with Crippen LogP contribution in [0.3, 0.4) is 0 Å². The number of nitrogen functional groups attached to an aromatic ring is 1. The van der Waals surface area contributed by atoms with Crippen molar-refractivity contribution in [1.82, 2.24) is 9.78 Å². The van der Waals surface area contributed by atoms with E-state index in [1.807, 2.05) is 25.2 Å². The van der Waals surface area contributed by atoms with E-state index >= 15 is 0 Å². The number of aryl methyl sites for hydroxylation is 1. The summed E-state index contributed by atoms with van der Waals surface area (Å²) in [5, 5.41) is 4.13. The third kappa shape index (κ3) is 2.17. The van der Waals surface area contributed by atoms with Gasteiger partial charge < -0.3 is 15.2 Å². The maximum absolute atomic E-state index is 5.96. The van der Waals surface area contributed by atoms with Gasteiger partial charge in [0.1, 0.15) is 11.6 Å². The highest BCUT2D eigenvalue weighted by molar-refractivity contribution is 5.74. The first-order chi connectivity index (χ1) is 8.67. The Bertz CT molecular complexity index is 549. The standard InChI is InChI=1S/C13H17N3O2/c1-16-13(14)11(7-15-16)9-4-5-10(8-17-2)12(6-9)18-3/h4-7H,8,14H2,1-3H3. The van der Waals surface area contributed by atoms with Gasteiger partial charge >= 0.3 is 0 Å². The molecule has 5 nitrogen and oxygen atoms in total. The van der Waals surface area contributed by atoms with Gasteiger partial charge in [-0.05, 0) is 11.6 Å². The normalized spacial score (nSPS) is 10.6. The molecule has 96 valence electrons. The van der Waals surface area contributed by atoms with Gasteiger partial charge in [0.25, 0.3) is 0 Å². The number of methoxy groups -OCH3 is 2. The Kier molecular flexibility index (Phi) is 3.53. The van der Waals surface area contributed by atoms with Crippen molar-refractivity contribution in [1.29, 1.82) is 0 Å². The summed E-state index contributed by atoms with van der Waals surface area (Å²) >= 11 is 0. The van der Waals surface area contributed by atoms with Gasteiger partial charge in [-0.15, -0.1) is 0 Å². The fourth-order valence-corrected chi connectivity index (χ4v) is 1.86. The molecule has 0 aliphatic rings. The van der Waals surface area contributed by atoms with Gasteiger partial charge in [0.05, 0.1) is 19.9 Å². The Balaban J connectivity index is 2.44. The minimum atomic E-state index is 0.520. The smallest absolute Gasteiger partial charge is 0.129 e. The monoisotopic (exact) mass is 247 g/mol. The Hall–Kier alpha value is -2.01. The first-order valence-electron chi connectivity index (χ1n) is 5.61. The van der Waals surface area contributed by atoms with Gasteiger partial charge in [0.2, 0.25) is 0 Å². The zero-order chi connectivity index (χ0) is 13.1. The summed E-state index contributed by atoms with van der Waals surface area (Å²) in [6.07, 6.45) is 1.75. The molecule has 0 amide bonds. The fraction of sp³-hybridized carbons (Fsp3) is 0.308. The van der Waals surface area contributed by atoms with Gasteiger partial charge in [-0.3, -0.25) is 4.68 Å². The number of nitrogens with two attached hydrogens (primary N) is 1. The van der Waals surface area contributed by atoms with Crippen LogP contribution in [0.2, 0.25) is 0 Å². The van der Waals surface area contributed by atoms with Crippen molar-refractivity contribution in [3.8, 4) is 16.9 Å². The zero-order valence-electron chi connectivity index (χ0n) is 10.8. The topological polar surface area (TPSA) is 62.3 Å². The van der Waals surface area contributed by atoms with Crippen LogP contribution >= 0.6 is 0 Å². The SMILES string of the molecule is COCc1ccc(-c2cnn(C)c2N)cc1OC. The highest BCUT2D eigenvalue weighted by Gasteiger charge is 2.10. The third-order valence-corrected chi connectivity index (χ3v) is 2.88. The number of hydrogen-bond acceptors (Lipinski definition) is 4. The highest BCUT2D eigenvalue weighted by atomic mass is 16.5. The van der Waals surface area contributed by atoms with E-state index in [1.165, 1.54) is 0 Å². The van der Waals surface area contributed by atoms with Crippen molar-refractivity contribution >= 4 is 5.82 Å². The molecule has 2 N–H and O–H groups in total. The lowest BCUT2D eigenvalue weighted by atomic mass is 10.1. The van der Waals surface area contributed by atoms with Crippen LogP contribution in [0.1, 0.15) is 5.56 Å². The van der Waals surface area contributed by atoms with Gasteiger partial charge in [-0.25, -0.2) is 0 Å². The van der Waals surface area contributed by atoms with Crippen LogP contribution in [0.4, 0.5) is 5.82 Å². The summed E-state index contributed by atoms with van der Waals surface area (Å²) < 4.78 is 12.1. The quantitative estimate of drug-likeness (QED) is 0.895. The van der Waals surface area contributed by atoms with Crippen molar-refractivity contribution in [3.05, 3.63) is 30.0 Å². The number of nitrogens with zero attached hydrogens (tertiary/aromatic N) is 2. The van der Waals surface area contributed by atoms with Crippen molar-refractivity contribution in [2.75, 3.05) is 20.0 Å². The second-order valence-electron chi connectivity index (χ2n) is 4.03. The lowest BCUT2D eigenvalue weighted by Gasteiger charge is -2.10. The van der Waals surface area contributed by atoms with Crippen LogP contribution < -0.4 is 10.5 Å². The summed E-state index contributed by atoms with van der Waals surface area (Å²) in [7, 11) is 5.12. The van der Waals surface area contributed by atoms with E-state index in [9.17, 15) is 0 Å². The summed E-state index contributed by atoms with van der Waals surface area (Å²) in [6.45, 7) is 0.520. The molecule has 5 heteroatoms. The molecule has 0 atom stereocenters. The van der Waals surface area contributed by atoms with Gasteiger partial charge in [0, 0.05) is 25.3 Å². The predicted octanol–water partition coefficient (Wildman–Crippen LogP) is 1.82. The first-order valence-corrected chi connectivity index (χ1v) is 5.61. The fourth-order valence-electron chi connectivity index (χ4n) is 1.86. The van der Waals surface area contributed by atoms with Crippen molar-refractivity contribution in [2.24, 2.45) is 7.05 Å². The minimum absolute atomic E-state index is 0.520. The number of hydrogen-bond donors (Lipinski definition) is 1. The van der Waals surface area contributed by atoms with E-state index in [1.54, 1.807) is 25.1 Å². The minimum Gasteiger partial charge on any atom is -0.496 e. The summed E-state index contributed by atoms with van der Waals surface area (Å²) in [5.74, 6) is 1.43. The lowest BCUT2D eigenvalue weighted by molar-refractivity contribution is 0.181. The first kappa shape index (κ1) is 12.4. The van der Waals surface area contributed by atoms with Crippen molar-refractivity contribution in [2.45, 2.75) is 6.61 Å². The molecule has 2 rings (SSSR count). The van der Waals surface area contributed by atoms with E-state index in [2.05, 4.69) is 5.10 Å². The lowest BCUT2D eigenvalue weighted by Crippen LogP contribution is -1.98. The second-order valence-corrected chi connectivity index (χ2v) is 4.03. The van der Waals surface area contributed by atoms with Gasteiger partial charge in [0.15, 0.2) is 0 Å². The number of ether oxygens (including phenoxy) is 2. The molecule has 18 heavy (non-hydrogen) atoms. The second kappa shape index (κ2) is 5.10. The van der Waals surface area contributed by atoms with Crippen LogP contribution in [0, 0.1) is 0 Å². The third-order valence-electron chi connectivity index (χ3n) is 2.88. The van der Waals surface area contributed by atoms with E-state index in [0.717, 1.165) is 22.4 Å². The Morgan fingerprint density at radius 1 is 1.33 bits per heavy atom. The maximum atomic E-state index is 5.96. The van der Waals surface area contributed by atoms with E-state index in [4.69, 9.17) is 15.2 Å². The van der Waals surface area contributed by atoms with Crippen LogP contribution in [0.15, 0.2) is 24.4 Å². The van der Waals surface area contributed by atoms with Crippen LogP contribution in [0.25, 0.3) is 11.1 Å². The molecular formula is C13H17N3O2. The Morgan fingerprint density at radius 3 is 2.67 bits per heavy atom. The van der Waals surface area contributed by atoms with E-state index in [-0.39, 0.29) is 0 Å². The molecule has 0 aliphatic carbocycles. The Morgan fingerprint density at radius 2 is 2.11 bits per heavy atom. The highest BCUT2D eigenvalue weighted by Crippen LogP contribution is 2.30. The maximum Gasteiger partial charge on any atom is 0.129 e. The largest absolute Gasteiger partial charge is 0.496 e. The molecule has 0 saturated heterocycles. The molecule has 0 unspecified atom stereocenters. The molecule has 2 aromatic rings. The molecule has 1 aromatic heterocycles. The van der Waals surface area contributed by atoms with Crippen LogP contribution in [-0.4, -0.2) is 24.0 Å². The predicted molar refractivity (Wildman–Crippen MR) is 70.3 cm³/mol. The van der Waals surface area contributed by atoms with E-state index in [0.29, 0.717) is 12.4 Å². The average Bonchev–Trinajstić information content (AvgIpc) is 2.71. The molecule has 1 aromatic carbocycles. The Labute approximate surface area is 106 Å². The molecule has 0 radical (unpaired) electrons.